The Kier molecular flexibility index (Phi) is 6.19. The van der Waals surface area contributed by atoms with E-state index in [0.717, 1.165) is 5.56 Å². The molecule has 0 aliphatic carbocycles. The summed E-state index contributed by atoms with van der Waals surface area (Å²) in [6, 6.07) is 14.1. The predicted octanol–water partition coefficient (Wildman–Crippen LogP) is 2.23. The smallest absolute Gasteiger partial charge is 0.276 e. The maximum Gasteiger partial charge on any atom is 0.276 e. The SMILES string of the molecule is CCOc1cccc(C(=O)NNC(=O)COc2cccc(C)c2)c1. The van der Waals surface area contributed by atoms with Crippen LogP contribution in [0.15, 0.2) is 48.5 Å². The van der Waals surface area contributed by atoms with Gasteiger partial charge in [0, 0.05) is 5.56 Å². The summed E-state index contributed by atoms with van der Waals surface area (Å²) in [5.41, 5.74) is 6.08. The van der Waals surface area contributed by atoms with E-state index in [0.29, 0.717) is 23.7 Å². The van der Waals surface area contributed by atoms with E-state index in [9.17, 15) is 9.59 Å². The summed E-state index contributed by atoms with van der Waals surface area (Å²) in [6.45, 7) is 4.12. The van der Waals surface area contributed by atoms with Gasteiger partial charge in [-0.1, -0.05) is 18.2 Å². The van der Waals surface area contributed by atoms with Crippen LogP contribution in [0.3, 0.4) is 0 Å². The van der Waals surface area contributed by atoms with Gasteiger partial charge < -0.3 is 9.47 Å². The summed E-state index contributed by atoms with van der Waals surface area (Å²) in [5, 5.41) is 0. The van der Waals surface area contributed by atoms with Crippen molar-refractivity contribution in [3.8, 4) is 11.5 Å². The molecule has 0 unspecified atom stereocenters. The maximum atomic E-state index is 12.0. The first-order chi connectivity index (χ1) is 11.6. The molecule has 0 radical (unpaired) electrons. The lowest BCUT2D eigenvalue weighted by molar-refractivity contribution is -0.123. The number of benzene rings is 2. The molecule has 0 heterocycles. The van der Waals surface area contributed by atoms with Crippen molar-refractivity contribution in [1.82, 2.24) is 10.9 Å². The van der Waals surface area contributed by atoms with Gasteiger partial charge in [0.2, 0.25) is 0 Å². The minimum Gasteiger partial charge on any atom is -0.494 e. The Morgan fingerprint density at radius 3 is 2.38 bits per heavy atom. The van der Waals surface area contributed by atoms with Crippen molar-refractivity contribution in [2.45, 2.75) is 13.8 Å². The first-order valence-corrected chi connectivity index (χ1v) is 7.60. The van der Waals surface area contributed by atoms with Gasteiger partial charge in [-0.15, -0.1) is 0 Å². The standard InChI is InChI=1S/C18H20N2O4/c1-3-23-16-9-5-7-14(11-16)18(22)20-19-17(21)12-24-15-8-4-6-13(2)10-15/h4-11H,3,12H2,1-2H3,(H,19,21)(H,20,22). The monoisotopic (exact) mass is 328 g/mol. The van der Waals surface area contributed by atoms with Crippen LogP contribution in [0.25, 0.3) is 0 Å². The summed E-state index contributed by atoms with van der Waals surface area (Å²) >= 11 is 0. The van der Waals surface area contributed by atoms with Crippen LogP contribution in [0.1, 0.15) is 22.8 Å². The lowest BCUT2D eigenvalue weighted by atomic mass is 10.2. The average Bonchev–Trinajstić information content (AvgIpc) is 2.58. The second-order valence-electron chi connectivity index (χ2n) is 5.07. The molecule has 2 N–H and O–H groups in total. The zero-order valence-electron chi connectivity index (χ0n) is 13.7. The first kappa shape index (κ1) is 17.3. The number of hydrogen-bond acceptors (Lipinski definition) is 4. The van der Waals surface area contributed by atoms with Gasteiger partial charge in [-0.2, -0.15) is 0 Å². The number of nitrogens with one attached hydrogen (secondary N) is 2. The van der Waals surface area contributed by atoms with E-state index in [1.807, 2.05) is 32.0 Å². The lowest BCUT2D eigenvalue weighted by Gasteiger charge is -2.10. The Hall–Kier alpha value is -3.02. The molecule has 0 aromatic heterocycles. The third kappa shape index (κ3) is 5.31. The summed E-state index contributed by atoms with van der Waals surface area (Å²) in [5.74, 6) is 0.312. The molecular formula is C18H20N2O4. The number of aryl methyl sites for hydroxylation is 1. The fraction of sp³-hybridized carbons (Fsp3) is 0.222. The van der Waals surface area contributed by atoms with Crippen LogP contribution in [0.4, 0.5) is 0 Å². The molecule has 0 aliphatic rings. The quantitative estimate of drug-likeness (QED) is 0.797. The molecule has 24 heavy (non-hydrogen) atoms. The van der Waals surface area contributed by atoms with E-state index in [1.54, 1.807) is 30.3 Å². The van der Waals surface area contributed by atoms with E-state index in [-0.39, 0.29) is 6.61 Å². The third-order valence-corrected chi connectivity index (χ3v) is 3.08. The Bertz CT molecular complexity index is 716. The van der Waals surface area contributed by atoms with Gasteiger partial charge in [-0.3, -0.25) is 20.4 Å². The van der Waals surface area contributed by atoms with Gasteiger partial charge >= 0.3 is 0 Å². The van der Waals surface area contributed by atoms with E-state index in [4.69, 9.17) is 9.47 Å². The van der Waals surface area contributed by atoms with E-state index in [1.165, 1.54) is 0 Å². The Labute approximate surface area is 140 Å². The molecular weight excluding hydrogens is 308 g/mol. The largest absolute Gasteiger partial charge is 0.494 e. The van der Waals surface area contributed by atoms with Crippen molar-refractivity contribution in [1.29, 1.82) is 0 Å². The summed E-state index contributed by atoms with van der Waals surface area (Å²) in [7, 11) is 0. The Morgan fingerprint density at radius 1 is 0.958 bits per heavy atom. The number of hydrazine groups is 1. The van der Waals surface area contributed by atoms with Crippen molar-refractivity contribution in [2.24, 2.45) is 0 Å². The molecule has 0 saturated carbocycles. The number of carbonyl (C=O) groups excluding carboxylic acids is 2. The lowest BCUT2D eigenvalue weighted by Crippen LogP contribution is -2.43. The van der Waals surface area contributed by atoms with E-state index < -0.39 is 11.8 Å². The maximum absolute atomic E-state index is 12.0. The minimum absolute atomic E-state index is 0.192. The molecule has 126 valence electrons. The summed E-state index contributed by atoms with van der Waals surface area (Å²) in [4.78, 5) is 23.7. The Balaban J connectivity index is 1.80. The fourth-order valence-corrected chi connectivity index (χ4v) is 1.98. The number of amides is 2. The van der Waals surface area contributed by atoms with Gasteiger partial charge in [-0.25, -0.2) is 0 Å². The topological polar surface area (TPSA) is 76.7 Å². The van der Waals surface area contributed by atoms with E-state index >= 15 is 0 Å². The molecule has 0 saturated heterocycles. The third-order valence-electron chi connectivity index (χ3n) is 3.08. The van der Waals surface area contributed by atoms with Crippen molar-refractivity contribution < 1.29 is 19.1 Å². The van der Waals surface area contributed by atoms with Gasteiger partial charge in [-0.05, 0) is 49.7 Å². The van der Waals surface area contributed by atoms with Crippen molar-refractivity contribution in [2.75, 3.05) is 13.2 Å². The number of rotatable bonds is 6. The van der Waals surface area contributed by atoms with Crippen LogP contribution >= 0.6 is 0 Å². The van der Waals surface area contributed by atoms with Crippen LogP contribution in [-0.4, -0.2) is 25.0 Å². The fourth-order valence-electron chi connectivity index (χ4n) is 1.98. The highest BCUT2D eigenvalue weighted by Crippen LogP contribution is 2.13. The molecule has 0 fully saturated rings. The van der Waals surface area contributed by atoms with Crippen LogP contribution in [0, 0.1) is 6.92 Å². The average molecular weight is 328 g/mol. The van der Waals surface area contributed by atoms with Gasteiger partial charge in [0.25, 0.3) is 11.8 Å². The van der Waals surface area contributed by atoms with Crippen LogP contribution in [0.2, 0.25) is 0 Å². The van der Waals surface area contributed by atoms with Gasteiger partial charge in [0.1, 0.15) is 11.5 Å². The highest BCUT2D eigenvalue weighted by Gasteiger charge is 2.09. The number of carbonyl (C=O) groups is 2. The number of ether oxygens (including phenoxy) is 2. The van der Waals surface area contributed by atoms with Crippen molar-refractivity contribution >= 4 is 11.8 Å². The van der Waals surface area contributed by atoms with Gasteiger partial charge in [0.15, 0.2) is 6.61 Å². The van der Waals surface area contributed by atoms with Crippen molar-refractivity contribution in [3.05, 3.63) is 59.7 Å². The highest BCUT2D eigenvalue weighted by molar-refractivity contribution is 5.95. The first-order valence-electron chi connectivity index (χ1n) is 7.60. The molecule has 6 heteroatoms. The molecule has 2 amide bonds. The summed E-state index contributed by atoms with van der Waals surface area (Å²) < 4.78 is 10.7. The van der Waals surface area contributed by atoms with E-state index in [2.05, 4.69) is 10.9 Å². The molecule has 0 atom stereocenters. The van der Waals surface area contributed by atoms with Gasteiger partial charge in [0.05, 0.1) is 6.61 Å². The molecule has 6 nitrogen and oxygen atoms in total. The molecule has 0 spiro atoms. The van der Waals surface area contributed by atoms with Crippen LogP contribution in [0.5, 0.6) is 11.5 Å². The molecule has 2 rings (SSSR count). The predicted molar refractivity (Wildman–Crippen MR) is 89.9 cm³/mol. The molecule has 2 aromatic carbocycles. The zero-order valence-corrected chi connectivity index (χ0v) is 13.7. The second kappa shape index (κ2) is 8.57. The van der Waals surface area contributed by atoms with Crippen molar-refractivity contribution in [3.63, 3.8) is 0 Å². The zero-order chi connectivity index (χ0) is 17.4. The van der Waals surface area contributed by atoms with Crippen LogP contribution in [-0.2, 0) is 4.79 Å². The second-order valence-corrected chi connectivity index (χ2v) is 5.07. The molecule has 2 aromatic rings. The molecule has 0 aliphatic heterocycles. The highest BCUT2D eigenvalue weighted by atomic mass is 16.5. The summed E-state index contributed by atoms with van der Waals surface area (Å²) in [6.07, 6.45) is 0. The minimum atomic E-state index is -0.453. The number of hydrogen-bond donors (Lipinski definition) is 2. The molecule has 0 bridgehead atoms. The normalized spacial score (nSPS) is 9.92. The van der Waals surface area contributed by atoms with Crippen LogP contribution < -0.4 is 20.3 Å². The Morgan fingerprint density at radius 2 is 1.67 bits per heavy atom.